The molecule has 3 aromatic carbocycles. The Morgan fingerprint density at radius 2 is 1.15 bits per heavy atom. The minimum Gasteiger partial charge on any atom is -0.387 e. The van der Waals surface area contributed by atoms with E-state index in [1.807, 2.05) is 23.6 Å². The van der Waals surface area contributed by atoms with Gasteiger partial charge in [-0.15, -0.1) is 11.8 Å². The highest BCUT2D eigenvalue weighted by atomic mass is 32.2. The maximum absolute atomic E-state index is 5.67. The second-order valence-electron chi connectivity index (χ2n) is 5.95. The lowest BCUT2D eigenvalue weighted by molar-refractivity contribution is 0.900. The maximum atomic E-state index is 5.67. The summed E-state index contributed by atoms with van der Waals surface area (Å²) in [4.78, 5) is 4.20. The van der Waals surface area contributed by atoms with Crippen molar-refractivity contribution in [2.24, 2.45) is 10.7 Å². The fourth-order valence-corrected chi connectivity index (χ4v) is 4.15. The molecule has 0 bridgehead atoms. The summed E-state index contributed by atoms with van der Waals surface area (Å²) in [5.74, 6) is 0.548. The molecule has 0 aliphatic rings. The van der Waals surface area contributed by atoms with Crippen LogP contribution in [0.15, 0.2) is 108 Å². The Morgan fingerprint density at radius 1 is 0.769 bits per heavy atom. The highest BCUT2D eigenvalue weighted by Crippen LogP contribution is 2.48. The van der Waals surface area contributed by atoms with Crippen LogP contribution in [0, 0.1) is 0 Å². The van der Waals surface area contributed by atoms with Crippen molar-refractivity contribution in [1.29, 1.82) is 0 Å². The third-order valence-electron chi connectivity index (χ3n) is 4.12. The number of aliphatic imine (C=N–C) groups is 1. The monoisotopic (exact) mass is 358 g/mol. The van der Waals surface area contributed by atoms with E-state index in [0.717, 1.165) is 0 Å². The summed E-state index contributed by atoms with van der Waals surface area (Å²) in [5, 5.41) is 2.02. The van der Waals surface area contributed by atoms with E-state index in [9.17, 15) is 0 Å². The van der Waals surface area contributed by atoms with Crippen LogP contribution in [0.3, 0.4) is 0 Å². The molecule has 3 heteroatoms. The van der Waals surface area contributed by atoms with Crippen LogP contribution in [-0.2, 0) is 4.75 Å². The average molecular weight is 359 g/mol. The van der Waals surface area contributed by atoms with Gasteiger partial charge in [-0.05, 0) is 29.0 Å². The predicted octanol–water partition coefficient (Wildman–Crippen LogP) is 5.56. The topological polar surface area (TPSA) is 38.4 Å². The highest BCUT2D eigenvalue weighted by molar-refractivity contribution is 8.03. The molecule has 0 unspecified atom stereocenters. The number of hydrogen-bond acceptors (Lipinski definition) is 2. The third kappa shape index (κ3) is 3.89. The first-order valence-corrected chi connectivity index (χ1v) is 9.41. The Morgan fingerprint density at radius 3 is 1.50 bits per heavy atom. The summed E-state index contributed by atoms with van der Waals surface area (Å²) in [7, 11) is 0. The molecule has 0 spiro atoms. The summed E-state index contributed by atoms with van der Waals surface area (Å²) in [6.45, 7) is 1.79. The fourth-order valence-electron chi connectivity index (χ4n) is 3.00. The van der Waals surface area contributed by atoms with Crippen molar-refractivity contribution in [1.82, 2.24) is 0 Å². The van der Waals surface area contributed by atoms with Crippen LogP contribution in [0.1, 0.15) is 23.6 Å². The van der Waals surface area contributed by atoms with Gasteiger partial charge in [0.15, 0.2) is 0 Å². The molecular formula is C23H22N2S. The zero-order chi connectivity index (χ0) is 18.2. The number of amidine groups is 1. The van der Waals surface area contributed by atoms with Gasteiger partial charge >= 0.3 is 0 Å². The smallest absolute Gasteiger partial charge is 0.0957 e. The Balaban J connectivity index is 2.21. The number of hydrogen-bond donors (Lipinski definition) is 1. The van der Waals surface area contributed by atoms with E-state index < -0.39 is 0 Å². The van der Waals surface area contributed by atoms with Crippen molar-refractivity contribution in [3.63, 3.8) is 0 Å². The van der Waals surface area contributed by atoms with Crippen molar-refractivity contribution >= 4 is 17.6 Å². The summed E-state index contributed by atoms with van der Waals surface area (Å²) in [6.07, 6.45) is 1.77. The quantitative estimate of drug-likeness (QED) is 0.356. The summed E-state index contributed by atoms with van der Waals surface area (Å²) in [6, 6.07) is 31.7. The van der Waals surface area contributed by atoms with E-state index >= 15 is 0 Å². The standard InChI is InChI=1S/C23H22N2S/c1-19(24)25-17-18-26-23(20-11-5-2-6-12-20,21-13-7-3-8-14-21)22-15-9-4-10-16-22/h2-18H,1H3,(H2,24,25)/b18-17+. The normalized spacial score (nSPS) is 12.4. The second kappa shape index (κ2) is 8.54. The summed E-state index contributed by atoms with van der Waals surface area (Å²) < 4.78 is -0.363. The van der Waals surface area contributed by atoms with Gasteiger partial charge in [-0.25, -0.2) is 4.99 Å². The molecule has 0 radical (unpaired) electrons. The van der Waals surface area contributed by atoms with Crippen LogP contribution >= 0.6 is 11.8 Å². The van der Waals surface area contributed by atoms with Gasteiger partial charge in [-0.3, -0.25) is 0 Å². The molecule has 0 amide bonds. The molecule has 2 N–H and O–H groups in total. The first-order valence-electron chi connectivity index (χ1n) is 8.53. The van der Waals surface area contributed by atoms with Crippen LogP contribution in [0.25, 0.3) is 0 Å². The summed E-state index contributed by atoms with van der Waals surface area (Å²) >= 11 is 1.73. The molecule has 3 aromatic rings. The second-order valence-corrected chi connectivity index (χ2v) is 7.07. The van der Waals surface area contributed by atoms with Gasteiger partial charge < -0.3 is 5.73 Å². The number of rotatable bonds is 6. The average Bonchev–Trinajstić information content (AvgIpc) is 2.70. The van der Waals surface area contributed by atoms with Gasteiger partial charge in [-0.2, -0.15) is 0 Å². The zero-order valence-electron chi connectivity index (χ0n) is 14.7. The molecular weight excluding hydrogens is 336 g/mol. The molecule has 0 heterocycles. The first-order chi connectivity index (χ1) is 12.7. The lowest BCUT2D eigenvalue weighted by Crippen LogP contribution is -2.24. The molecule has 3 rings (SSSR count). The van der Waals surface area contributed by atoms with Crippen LogP contribution in [-0.4, -0.2) is 5.84 Å². The Hall–Kier alpha value is -2.78. The molecule has 0 aromatic heterocycles. The molecule has 0 saturated heterocycles. The van der Waals surface area contributed by atoms with Crippen molar-refractivity contribution in [3.8, 4) is 0 Å². The molecule has 130 valence electrons. The minimum atomic E-state index is -0.363. The maximum Gasteiger partial charge on any atom is 0.0957 e. The third-order valence-corrected chi connectivity index (χ3v) is 5.44. The Kier molecular flexibility index (Phi) is 5.92. The Bertz CT molecular complexity index is 771. The van der Waals surface area contributed by atoms with E-state index in [2.05, 4.69) is 77.8 Å². The van der Waals surface area contributed by atoms with Gasteiger partial charge in [0.1, 0.15) is 0 Å². The van der Waals surface area contributed by atoms with Gasteiger partial charge in [0.05, 0.1) is 10.6 Å². The summed E-state index contributed by atoms with van der Waals surface area (Å²) in [5.41, 5.74) is 9.33. The SMILES string of the molecule is CC(N)=N/C=C/SC(c1ccccc1)(c1ccccc1)c1ccccc1. The molecule has 0 aliphatic heterocycles. The molecule has 2 nitrogen and oxygen atoms in total. The molecule has 0 aliphatic carbocycles. The van der Waals surface area contributed by atoms with Crippen LogP contribution < -0.4 is 5.73 Å². The van der Waals surface area contributed by atoms with Crippen LogP contribution in [0.5, 0.6) is 0 Å². The van der Waals surface area contributed by atoms with Crippen molar-refractivity contribution < 1.29 is 0 Å². The molecule has 0 atom stereocenters. The van der Waals surface area contributed by atoms with E-state index in [1.165, 1.54) is 16.7 Å². The number of nitrogens with two attached hydrogens (primary N) is 1. The van der Waals surface area contributed by atoms with Gasteiger partial charge in [0.25, 0.3) is 0 Å². The Labute approximate surface area is 159 Å². The fraction of sp³-hybridized carbons (Fsp3) is 0.0870. The van der Waals surface area contributed by atoms with E-state index in [4.69, 9.17) is 5.73 Å². The predicted molar refractivity (Wildman–Crippen MR) is 113 cm³/mol. The van der Waals surface area contributed by atoms with Crippen LogP contribution in [0.4, 0.5) is 0 Å². The number of benzene rings is 3. The van der Waals surface area contributed by atoms with E-state index in [0.29, 0.717) is 5.84 Å². The van der Waals surface area contributed by atoms with E-state index in [1.54, 1.807) is 24.9 Å². The first kappa shape index (κ1) is 18.0. The molecule has 0 fully saturated rings. The zero-order valence-corrected chi connectivity index (χ0v) is 15.6. The lowest BCUT2D eigenvalue weighted by Gasteiger charge is -2.34. The molecule has 0 saturated carbocycles. The highest BCUT2D eigenvalue weighted by Gasteiger charge is 2.36. The van der Waals surface area contributed by atoms with Crippen molar-refractivity contribution in [3.05, 3.63) is 119 Å². The number of thioether (sulfide) groups is 1. The van der Waals surface area contributed by atoms with E-state index in [-0.39, 0.29) is 4.75 Å². The van der Waals surface area contributed by atoms with Gasteiger partial charge in [-0.1, -0.05) is 91.0 Å². The lowest BCUT2D eigenvalue weighted by atomic mass is 9.84. The largest absolute Gasteiger partial charge is 0.387 e. The van der Waals surface area contributed by atoms with Crippen LogP contribution in [0.2, 0.25) is 0 Å². The molecule has 26 heavy (non-hydrogen) atoms. The van der Waals surface area contributed by atoms with Gasteiger partial charge in [0.2, 0.25) is 0 Å². The number of nitrogens with zero attached hydrogens (tertiary/aromatic N) is 1. The van der Waals surface area contributed by atoms with Crippen molar-refractivity contribution in [2.75, 3.05) is 0 Å². The van der Waals surface area contributed by atoms with Crippen molar-refractivity contribution in [2.45, 2.75) is 11.7 Å². The van der Waals surface area contributed by atoms with Gasteiger partial charge in [0, 0.05) is 6.20 Å². The minimum absolute atomic E-state index is 0.363.